The molecule has 0 aliphatic carbocycles. The maximum atomic E-state index is 11.5. The molecule has 0 saturated carbocycles. The van der Waals surface area contributed by atoms with Gasteiger partial charge in [-0.2, -0.15) is 0 Å². The monoisotopic (exact) mass is 219 g/mol. The topological polar surface area (TPSA) is 77.8 Å². The van der Waals surface area contributed by atoms with E-state index >= 15 is 0 Å². The third kappa shape index (κ3) is 1.87. The van der Waals surface area contributed by atoms with Crippen molar-refractivity contribution in [3.8, 4) is 0 Å². The van der Waals surface area contributed by atoms with Crippen molar-refractivity contribution >= 4 is 17.8 Å². The fraction of sp³-hybridized carbons (Fsp3) is 0.200. The standard InChI is InChI=1S/C10H7N2O4/c13-8-3-4-9(14)12(8)16-10(15)7-2-1-5-11-6-7/h2,5-6H,3-4H2. The molecule has 0 aromatic rings. The van der Waals surface area contributed by atoms with E-state index in [4.69, 9.17) is 0 Å². The molecule has 1 fully saturated rings. The van der Waals surface area contributed by atoms with Gasteiger partial charge in [0.2, 0.25) is 0 Å². The minimum Gasteiger partial charge on any atom is -0.325 e. The summed E-state index contributed by atoms with van der Waals surface area (Å²) in [5.74, 6) is -1.81. The highest BCUT2D eigenvalue weighted by Crippen LogP contribution is 2.14. The second-order valence-corrected chi connectivity index (χ2v) is 3.13. The number of amides is 2. The molecule has 2 heterocycles. The molecule has 1 saturated heterocycles. The van der Waals surface area contributed by atoms with Gasteiger partial charge in [0.25, 0.3) is 11.8 Å². The largest absolute Gasteiger partial charge is 0.366 e. The van der Waals surface area contributed by atoms with E-state index in [2.05, 4.69) is 15.9 Å². The minimum atomic E-state index is -0.798. The summed E-state index contributed by atoms with van der Waals surface area (Å²) < 4.78 is 0. The molecular formula is C10H7N2O4. The zero-order chi connectivity index (χ0) is 11.5. The molecule has 6 nitrogen and oxygen atoms in total. The number of carbonyl (C=O) groups excluding carboxylic acids is 3. The lowest BCUT2D eigenvalue weighted by molar-refractivity contribution is -0.194. The quantitative estimate of drug-likeness (QED) is 0.474. The number of rotatable bonds is 2. The van der Waals surface area contributed by atoms with Crippen molar-refractivity contribution in [2.24, 2.45) is 0 Å². The third-order valence-corrected chi connectivity index (χ3v) is 2.02. The van der Waals surface area contributed by atoms with E-state index in [1.54, 1.807) is 0 Å². The number of hydroxylamine groups is 2. The highest BCUT2D eigenvalue weighted by molar-refractivity contribution is 6.03. The van der Waals surface area contributed by atoms with Crippen LogP contribution in [-0.2, 0) is 19.2 Å². The Balaban J connectivity index is 2.05. The van der Waals surface area contributed by atoms with Crippen LogP contribution in [0.15, 0.2) is 29.8 Å². The summed E-state index contributed by atoms with van der Waals surface area (Å²) in [4.78, 5) is 38.4. The number of carbonyl (C=O) groups is 3. The van der Waals surface area contributed by atoms with Crippen molar-refractivity contribution < 1.29 is 19.2 Å². The van der Waals surface area contributed by atoms with E-state index in [0.717, 1.165) is 0 Å². The lowest BCUT2D eigenvalue weighted by Crippen LogP contribution is -2.32. The van der Waals surface area contributed by atoms with Gasteiger partial charge in [-0.15, -0.1) is 5.06 Å². The van der Waals surface area contributed by atoms with Gasteiger partial charge < -0.3 is 4.84 Å². The van der Waals surface area contributed by atoms with Crippen LogP contribution in [0.1, 0.15) is 12.8 Å². The molecule has 2 aliphatic rings. The van der Waals surface area contributed by atoms with Crippen LogP contribution in [-0.4, -0.2) is 22.8 Å². The van der Waals surface area contributed by atoms with Crippen molar-refractivity contribution in [3.63, 3.8) is 0 Å². The van der Waals surface area contributed by atoms with Gasteiger partial charge in [0.1, 0.15) is 0 Å². The van der Waals surface area contributed by atoms with Gasteiger partial charge >= 0.3 is 5.97 Å². The Kier molecular flexibility index (Phi) is 2.57. The Morgan fingerprint density at radius 3 is 2.62 bits per heavy atom. The molecule has 2 amide bonds. The predicted octanol–water partition coefficient (Wildman–Crippen LogP) is -0.236. The molecule has 1 radical (unpaired) electrons. The number of hydrogen-bond acceptors (Lipinski definition) is 4. The Morgan fingerprint density at radius 2 is 2.06 bits per heavy atom. The molecular weight excluding hydrogens is 212 g/mol. The summed E-state index contributed by atoms with van der Waals surface area (Å²) in [6.45, 7) is 0. The molecule has 81 valence electrons. The second-order valence-electron chi connectivity index (χ2n) is 3.13. The summed E-state index contributed by atoms with van der Waals surface area (Å²) >= 11 is 0. The van der Waals surface area contributed by atoms with E-state index in [1.807, 2.05) is 0 Å². The molecule has 16 heavy (non-hydrogen) atoms. The average molecular weight is 219 g/mol. The van der Waals surface area contributed by atoms with Crippen LogP contribution in [0.5, 0.6) is 0 Å². The van der Waals surface area contributed by atoms with Crippen LogP contribution < -0.4 is 5.32 Å². The first-order chi connectivity index (χ1) is 7.68. The molecule has 2 aliphatic heterocycles. The van der Waals surface area contributed by atoms with Crippen LogP contribution in [0.4, 0.5) is 0 Å². The van der Waals surface area contributed by atoms with Gasteiger partial charge in [0, 0.05) is 19.0 Å². The first kappa shape index (κ1) is 10.2. The van der Waals surface area contributed by atoms with Gasteiger partial charge in [-0.05, 0) is 6.08 Å². The molecule has 0 N–H and O–H groups in total. The SMILES string of the molecule is O=C(ON1C(=O)CCC1=O)C1=C[N]C=C=C1. The van der Waals surface area contributed by atoms with E-state index in [-0.39, 0.29) is 18.4 Å². The van der Waals surface area contributed by atoms with Crippen molar-refractivity contribution in [1.29, 1.82) is 0 Å². The Morgan fingerprint density at radius 1 is 1.38 bits per heavy atom. The van der Waals surface area contributed by atoms with Gasteiger partial charge in [0.05, 0.1) is 11.8 Å². The maximum absolute atomic E-state index is 11.5. The van der Waals surface area contributed by atoms with E-state index < -0.39 is 17.8 Å². The number of nitrogens with zero attached hydrogens (tertiary/aromatic N) is 2. The molecule has 2 rings (SSSR count). The lowest BCUT2D eigenvalue weighted by Gasteiger charge is -2.12. The predicted molar refractivity (Wildman–Crippen MR) is 50.0 cm³/mol. The van der Waals surface area contributed by atoms with Crippen molar-refractivity contribution in [2.75, 3.05) is 0 Å². The average Bonchev–Trinajstić information content (AvgIpc) is 2.62. The van der Waals surface area contributed by atoms with Crippen molar-refractivity contribution in [1.82, 2.24) is 10.4 Å². The molecule has 0 bridgehead atoms. The second kappa shape index (κ2) is 4.04. The molecule has 0 unspecified atom stereocenters. The van der Waals surface area contributed by atoms with Crippen LogP contribution >= 0.6 is 0 Å². The summed E-state index contributed by atoms with van der Waals surface area (Å²) in [7, 11) is 0. The highest BCUT2D eigenvalue weighted by atomic mass is 16.7. The smallest absolute Gasteiger partial charge is 0.325 e. The first-order valence-electron chi connectivity index (χ1n) is 4.57. The molecule has 0 aromatic heterocycles. The van der Waals surface area contributed by atoms with E-state index in [0.29, 0.717) is 5.06 Å². The maximum Gasteiger partial charge on any atom is 0.366 e. The van der Waals surface area contributed by atoms with Crippen LogP contribution in [0.2, 0.25) is 0 Å². The third-order valence-electron chi connectivity index (χ3n) is 2.02. The Bertz CT molecular complexity index is 441. The van der Waals surface area contributed by atoms with E-state index in [1.165, 1.54) is 18.5 Å². The van der Waals surface area contributed by atoms with Gasteiger partial charge in [-0.25, -0.2) is 4.79 Å². The molecule has 0 aromatic carbocycles. The summed E-state index contributed by atoms with van der Waals surface area (Å²) in [6.07, 6.45) is 4.16. The fourth-order valence-electron chi connectivity index (χ4n) is 1.23. The van der Waals surface area contributed by atoms with Crippen LogP contribution in [0.25, 0.3) is 0 Å². The van der Waals surface area contributed by atoms with Gasteiger partial charge in [-0.3, -0.25) is 14.9 Å². The van der Waals surface area contributed by atoms with Crippen molar-refractivity contribution in [3.05, 3.63) is 29.8 Å². The van der Waals surface area contributed by atoms with Gasteiger partial charge in [-0.1, -0.05) is 5.73 Å². The molecule has 0 spiro atoms. The Labute approximate surface area is 90.8 Å². The fourth-order valence-corrected chi connectivity index (χ4v) is 1.23. The zero-order valence-electron chi connectivity index (χ0n) is 8.17. The minimum absolute atomic E-state index is 0.0747. The normalized spacial score (nSPS) is 18.5. The number of imide groups is 1. The lowest BCUT2D eigenvalue weighted by atomic mass is 10.2. The summed E-state index contributed by atoms with van der Waals surface area (Å²) in [5, 5.41) is 4.17. The van der Waals surface area contributed by atoms with Crippen LogP contribution in [0, 0.1) is 0 Å². The zero-order valence-corrected chi connectivity index (χ0v) is 8.17. The summed E-state index contributed by atoms with van der Waals surface area (Å²) in [5.41, 5.74) is 2.72. The highest BCUT2D eigenvalue weighted by Gasteiger charge is 2.33. The van der Waals surface area contributed by atoms with Crippen LogP contribution in [0.3, 0.4) is 0 Å². The molecule has 0 atom stereocenters. The molecule has 6 heteroatoms. The van der Waals surface area contributed by atoms with E-state index in [9.17, 15) is 14.4 Å². The summed E-state index contributed by atoms with van der Waals surface area (Å²) in [6, 6.07) is 0. The Hall–Kier alpha value is -2.33. The number of hydrogen-bond donors (Lipinski definition) is 0. The van der Waals surface area contributed by atoms with Gasteiger partial charge in [0.15, 0.2) is 0 Å². The first-order valence-corrected chi connectivity index (χ1v) is 4.57. The van der Waals surface area contributed by atoms with Crippen molar-refractivity contribution in [2.45, 2.75) is 12.8 Å².